The standard InChI is InChI=1S/C16H19N3/c1-12-4-7-16-13(9-12)3-2-8-19(16)11-15-6-5-14(17)10-18-15/h4-7,9-10H,2-3,8,11,17H2,1H3. The first-order valence-corrected chi connectivity index (χ1v) is 6.77. The average Bonchev–Trinajstić information content (AvgIpc) is 2.41. The summed E-state index contributed by atoms with van der Waals surface area (Å²) in [5.74, 6) is 0. The Morgan fingerprint density at radius 2 is 2.16 bits per heavy atom. The Bertz CT molecular complexity index is 575. The third kappa shape index (κ3) is 2.55. The van der Waals surface area contributed by atoms with E-state index in [2.05, 4.69) is 35.0 Å². The van der Waals surface area contributed by atoms with Crippen LogP contribution >= 0.6 is 0 Å². The summed E-state index contributed by atoms with van der Waals surface area (Å²) in [5, 5.41) is 0. The number of anilines is 2. The Morgan fingerprint density at radius 3 is 2.95 bits per heavy atom. The number of fused-ring (bicyclic) bond motifs is 1. The number of pyridine rings is 1. The van der Waals surface area contributed by atoms with Gasteiger partial charge in [-0.3, -0.25) is 4.98 Å². The van der Waals surface area contributed by atoms with Crippen LogP contribution < -0.4 is 10.6 Å². The highest BCUT2D eigenvalue weighted by atomic mass is 15.1. The van der Waals surface area contributed by atoms with Crippen LogP contribution in [0.3, 0.4) is 0 Å². The lowest BCUT2D eigenvalue weighted by atomic mass is 9.99. The monoisotopic (exact) mass is 253 g/mol. The van der Waals surface area contributed by atoms with Crippen molar-refractivity contribution in [2.24, 2.45) is 0 Å². The Labute approximate surface area is 114 Å². The molecular formula is C16H19N3. The fourth-order valence-electron chi connectivity index (χ4n) is 2.69. The molecular weight excluding hydrogens is 234 g/mol. The van der Waals surface area contributed by atoms with Crippen LogP contribution in [0.25, 0.3) is 0 Å². The van der Waals surface area contributed by atoms with Crippen LogP contribution in [0.2, 0.25) is 0 Å². The van der Waals surface area contributed by atoms with E-state index in [9.17, 15) is 0 Å². The van der Waals surface area contributed by atoms with Crippen molar-refractivity contribution in [3.63, 3.8) is 0 Å². The quantitative estimate of drug-likeness (QED) is 0.894. The molecule has 0 saturated heterocycles. The minimum absolute atomic E-state index is 0.721. The van der Waals surface area contributed by atoms with Crippen molar-refractivity contribution < 1.29 is 0 Å². The normalized spacial score (nSPS) is 14.3. The first-order valence-electron chi connectivity index (χ1n) is 6.77. The van der Waals surface area contributed by atoms with Crippen LogP contribution in [0.1, 0.15) is 23.2 Å². The molecule has 2 aromatic rings. The summed E-state index contributed by atoms with van der Waals surface area (Å²) in [6.07, 6.45) is 4.13. The van der Waals surface area contributed by atoms with Crippen molar-refractivity contribution >= 4 is 11.4 Å². The minimum Gasteiger partial charge on any atom is -0.397 e. The molecule has 3 nitrogen and oxygen atoms in total. The summed E-state index contributed by atoms with van der Waals surface area (Å²) in [6.45, 7) is 4.11. The lowest BCUT2D eigenvalue weighted by Gasteiger charge is -2.31. The molecule has 0 amide bonds. The number of benzene rings is 1. The zero-order chi connectivity index (χ0) is 13.2. The number of nitrogens with two attached hydrogens (primary N) is 1. The smallest absolute Gasteiger partial charge is 0.0602 e. The lowest BCUT2D eigenvalue weighted by Crippen LogP contribution is -2.29. The molecule has 1 aromatic heterocycles. The van der Waals surface area contributed by atoms with E-state index in [1.807, 2.05) is 12.1 Å². The van der Waals surface area contributed by atoms with Gasteiger partial charge in [-0.15, -0.1) is 0 Å². The molecule has 1 aliphatic rings. The van der Waals surface area contributed by atoms with Crippen LogP contribution in [-0.4, -0.2) is 11.5 Å². The first-order chi connectivity index (χ1) is 9.22. The van der Waals surface area contributed by atoms with Gasteiger partial charge in [0.25, 0.3) is 0 Å². The second-order valence-corrected chi connectivity index (χ2v) is 5.24. The van der Waals surface area contributed by atoms with Crippen molar-refractivity contribution in [3.05, 3.63) is 53.3 Å². The number of nitrogens with zero attached hydrogens (tertiary/aromatic N) is 2. The lowest BCUT2D eigenvalue weighted by molar-refractivity contribution is 0.683. The molecule has 1 aliphatic heterocycles. The molecule has 1 aromatic carbocycles. The summed E-state index contributed by atoms with van der Waals surface area (Å²) in [4.78, 5) is 6.81. The van der Waals surface area contributed by atoms with E-state index in [0.717, 1.165) is 24.5 Å². The summed E-state index contributed by atoms with van der Waals surface area (Å²) < 4.78 is 0. The van der Waals surface area contributed by atoms with Crippen molar-refractivity contribution in [1.29, 1.82) is 0 Å². The van der Waals surface area contributed by atoms with E-state index in [4.69, 9.17) is 5.73 Å². The number of hydrogen-bond acceptors (Lipinski definition) is 3. The number of hydrogen-bond donors (Lipinski definition) is 1. The second kappa shape index (κ2) is 4.92. The van der Waals surface area contributed by atoms with E-state index < -0.39 is 0 Å². The molecule has 0 spiro atoms. The molecule has 0 aliphatic carbocycles. The molecule has 98 valence electrons. The van der Waals surface area contributed by atoms with Gasteiger partial charge in [-0.25, -0.2) is 0 Å². The highest BCUT2D eigenvalue weighted by molar-refractivity contribution is 5.56. The Balaban J connectivity index is 1.85. The molecule has 2 heterocycles. The molecule has 0 fully saturated rings. The zero-order valence-corrected chi connectivity index (χ0v) is 11.3. The van der Waals surface area contributed by atoms with Crippen LogP contribution in [0.15, 0.2) is 36.5 Å². The van der Waals surface area contributed by atoms with Gasteiger partial charge < -0.3 is 10.6 Å². The van der Waals surface area contributed by atoms with Gasteiger partial charge in [-0.1, -0.05) is 17.7 Å². The van der Waals surface area contributed by atoms with Gasteiger partial charge in [0.15, 0.2) is 0 Å². The highest BCUT2D eigenvalue weighted by Crippen LogP contribution is 2.28. The molecule has 0 saturated carbocycles. The molecule has 19 heavy (non-hydrogen) atoms. The maximum atomic E-state index is 5.68. The van der Waals surface area contributed by atoms with Crippen molar-refractivity contribution in [3.8, 4) is 0 Å². The summed E-state index contributed by atoms with van der Waals surface area (Å²) >= 11 is 0. The summed E-state index contributed by atoms with van der Waals surface area (Å²) in [6, 6.07) is 10.7. The fraction of sp³-hybridized carbons (Fsp3) is 0.312. The van der Waals surface area contributed by atoms with Crippen LogP contribution in [-0.2, 0) is 13.0 Å². The minimum atomic E-state index is 0.721. The number of aryl methyl sites for hydroxylation is 2. The van der Waals surface area contributed by atoms with E-state index in [1.165, 1.54) is 29.7 Å². The van der Waals surface area contributed by atoms with Gasteiger partial charge in [0.2, 0.25) is 0 Å². The molecule has 3 heteroatoms. The predicted molar refractivity (Wildman–Crippen MR) is 79.2 cm³/mol. The highest BCUT2D eigenvalue weighted by Gasteiger charge is 2.17. The van der Waals surface area contributed by atoms with E-state index in [0.29, 0.717) is 0 Å². The third-order valence-electron chi connectivity index (χ3n) is 3.65. The van der Waals surface area contributed by atoms with Gasteiger partial charge in [-0.05, 0) is 43.5 Å². The number of nitrogen functional groups attached to an aromatic ring is 1. The summed E-state index contributed by atoms with van der Waals surface area (Å²) in [7, 11) is 0. The van der Waals surface area contributed by atoms with Gasteiger partial charge >= 0.3 is 0 Å². The van der Waals surface area contributed by atoms with E-state index >= 15 is 0 Å². The van der Waals surface area contributed by atoms with Gasteiger partial charge in [0, 0.05) is 12.2 Å². The fourth-order valence-corrected chi connectivity index (χ4v) is 2.69. The molecule has 2 N–H and O–H groups in total. The van der Waals surface area contributed by atoms with Crippen molar-refractivity contribution in [2.75, 3.05) is 17.2 Å². The SMILES string of the molecule is Cc1ccc2c(c1)CCCN2Cc1ccc(N)cn1. The molecule has 0 bridgehead atoms. The average molecular weight is 253 g/mol. The summed E-state index contributed by atoms with van der Waals surface area (Å²) in [5.41, 5.74) is 11.6. The van der Waals surface area contributed by atoms with Crippen LogP contribution in [0.4, 0.5) is 11.4 Å². The molecule has 0 atom stereocenters. The predicted octanol–water partition coefficient (Wildman–Crippen LogP) is 2.93. The maximum absolute atomic E-state index is 5.68. The Morgan fingerprint density at radius 1 is 1.26 bits per heavy atom. The Hall–Kier alpha value is -2.03. The van der Waals surface area contributed by atoms with Gasteiger partial charge in [-0.2, -0.15) is 0 Å². The zero-order valence-electron chi connectivity index (χ0n) is 11.3. The second-order valence-electron chi connectivity index (χ2n) is 5.24. The first kappa shape index (κ1) is 12.0. The van der Waals surface area contributed by atoms with Crippen molar-refractivity contribution in [2.45, 2.75) is 26.3 Å². The number of rotatable bonds is 2. The van der Waals surface area contributed by atoms with Crippen LogP contribution in [0, 0.1) is 6.92 Å². The largest absolute Gasteiger partial charge is 0.397 e. The van der Waals surface area contributed by atoms with Crippen molar-refractivity contribution in [1.82, 2.24) is 4.98 Å². The van der Waals surface area contributed by atoms with Gasteiger partial charge in [0.1, 0.15) is 0 Å². The maximum Gasteiger partial charge on any atom is 0.0602 e. The third-order valence-corrected chi connectivity index (χ3v) is 3.65. The number of aromatic nitrogens is 1. The Kier molecular flexibility index (Phi) is 3.11. The molecule has 3 rings (SSSR count). The molecule has 0 radical (unpaired) electrons. The molecule has 0 unspecified atom stereocenters. The van der Waals surface area contributed by atoms with Crippen LogP contribution in [0.5, 0.6) is 0 Å². The van der Waals surface area contributed by atoms with E-state index in [1.54, 1.807) is 6.20 Å². The van der Waals surface area contributed by atoms with Gasteiger partial charge in [0.05, 0.1) is 24.1 Å². The topological polar surface area (TPSA) is 42.1 Å². The van der Waals surface area contributed by atoms with E-state index in [-0.39, 0.29) is 0 Å².